The average molecular weight is 332 g/mol. The number of hydrogen-bond donors (Lipinski definition) is 1. The fraction of sp³-hybridized carbons (Fsp3) is 0.556. The van der Waals surface area contributed by atoms with Gasteiger partial charge in [0.1, 0.15) is 11.9 Å². The summed E-state index contributed by atoms with van der Waals surface area (Å²) >= 11 is 0. The van der Waals surface area contributed by atoms with Crippen LogP contribution in [0.25, 0.3) is 5.57 Å². The van der Waals surface area contributed by atoms with Gasteiger partial charge in [0.05, 0.1) is 12.4 Å². The Labute approximate surface area is 141 Å². The zero-order chi connectivity index (χ0) is 17.1. The number of primary amides is 1. The van der Waals surface area contributed by atoms with Crippen molar-refractivity contribution in [1.29, 1.82) is 0 Å². The van der Waals surface area contributed by atoms with E-state index in [0.717, 1.165) is 30.6 Å². The minimum absolute atomic E-state index is 0.0182. The van der Waals surface area contributed by atoms with Crippen LogP contribution in [0, 0.1) is 5.92 Å². The lowest BCUT2D eigenvalue weighted by molar-refractivity contribution is -0.131. The second-order valence-electron chi connectivity index (χ2n) is 6.61. The number of piperidine rings is 1. The molecule has 2 saturated heterocycles. The predicted molar refractivity (Wildman–Crippen MR) is 88.8 cm³/mol. The van der Waals surface area contributed by atoms with E-state index in [4.69, 9.17) is 14.9 Å². The minimum atomic E-state index is -0.437. The summed E-state index contributed by atoms with van der Waals surface area (Å²) < 4.78 is 11.1. The predicted octanol–water partition coefficient (Wildman–Crippen LogP) is 1.95. The molecule has 2 aliphatic heterocycles. The third kappa shape index (κ3) is 3.70. The first kappa shape index (κ1) is 16.8. The Kier molecular flexibility index (Phi) is 5.04. The minimum Gasteiger partial charge on any atom is -0.465 e. The maximum atomic E-state index is 12.4. The van der Waals surface area contributed by atoms with E-state index in [1.54, 1.807) is 12.3 Å². The molecule has 0 radical (unpaired) electrons. The molecule has 2 amide bonds. The average Bonchev–Trinajstić information content (AvgIpc) is 3.26. The van der Waals surface area contributed by atoms with Gasteiger partial charge in [-0.3, -0.25) is 9.59 Å². The van der Waals surface area contributed by atoms with Crippen LogP contribution in [0.3, 0.4) is 0 Å². The molecule has 24 heavy (non-hydrogen) atoms. The largest absolute Gasteiger partial charge is 0.465 e. The van der Waals surface area contributed by atoms with Gasteiger partial charge >= 0.3 is 0 Å². The molecule has 2 fully saturated rings. The lowest BCUT2D eigenvalue weighted by atomic mass is 9.89. The van der Waals surface area contributed by atoms with Crippen LogP contribution in [0.5, 0.6) is 0 Å². The quantitative estimate of drug-likeness (QED) is 0.854. The maximum absolute atomic E-state index is 12.4. The summed E-state index contributed by atoms with van der Waals surface area (Å²) in [4.78, 5) is 25.5. The van der Waals surface area contributed by atoms with Crippen molar-refractivity contribution in [2.75, 3.05) is 13.1 Å². The zero-order valence-corrected chi connectivity index (χ0v) is 13.9. The molecule has 0 aliphatic carbocycles. The van der Waals surface area contributed by atoms with Gasteiger partial charge in [-0.15, -0.1) is 0 Å². The van der Waals surface area contributed by atoms with Gasteiger partial charge in [-0.05, 0) is 56.2 Å². The van der Waals surface area contributed by atoms with Crippen molar-refractivity contribution >= 4 is 17.4 Å². The van der Waals surface area contributed by atoms with Gasteiger partial charge < -0.3 is 19.8 Å². The summed E-state index contributed by atoms with van der Waals surface area (Å²) in [6.45, 7) is 3.30. The lowest BCUT2D eigenvalue weighted by Crippen LogP contribution is -2.41. The zero-order valence-electron chi connectivity index (χ0n) is 13.9. The summed E-state index contributed by atoms with van der Waals surface area (Å²) in [7, 11) is 0. The van der Waals surface area contributed by atoms with Gasteiger partial charge in [0.2, 0.25) is 11.8 Å². The number of rotatable bonds is 4. The van der Waals surface area contributed by atoms with Gasteiger partial charge in [0, 0.05) is 19.2 Å². The van der Waals surface area contributed by atoms with Crippen LogP contribution < -0.4 is 5.73 Å². The highest BCUT2D eigenvalue weighted by Crippen LogP contribution is 2.32. The van der Waals surface area contributed by atoms with Crippen molar-refractivity contribution in [1.82, 2.24) is 4.90 Å². The molecule has 130 valence electrons. The van der Waals surface area contributed by atoms with Crippen LogP contribution in [0.15, 0.2) is 28.9 Å². The number of likely N-dealkylation sites (tertiary alicyclic amines) is 1. The third-order valence-electron chi connectivity index (χ3n) is 5.00. The number of nitrogens with two attached hydrogens (primary N) is 1. The van der Waals surface area contributed by atoms with E-state index in [-0.39, 0.29) is 17.9 Å². The van der Waals surface area contributed by atoms with E-state index in [2.05, 4.69) is 0 Å². The summed E-state index contributed by atoms with van der Waals surface area (Å²) in [6, 6.07) is 3.65. The van der Waals surface area contributed by atoms with Crippen molar-refractivity contribution in [3.63, 3.8) is 0 Å². The molecular formula is C18H24N2O4. The van der Waals surface area contributed by atoms with Crippen LogP contribution in [-0.4, -0.2) is 42.0 Å². The summed E-state index contributed by atoms with van der Waals surface area (Å²) in [5.41, 5.74) is 6.14. The Hall–Kier alpha value is -2.08. The molecule has 3 heterocycles. The van der Waals surface area contributed by atoms with Gasteiger partial charge in [0.25, 0.3) is 0 Å². The van der Waals surface area contributed by atoms with E-state index < -0.39 is 6.10 Å². The van der Waals surface area contributed by atoms with E-state index in [1.807, 2.05) is 24.0 Å². The van der Waals surface area contributed by atoms with Crippen molar-refractivity contribution in [3.8, 4) is 0 Å². The molecule has 6 nitrogen and oxygen atoms in total. The fourth-order valence-electron chi connectivity index (χ4n) is 3.56. The topological polar surface area (TPSA) is 85.8 Å². The van der Waals surface area contributed by atoms with Crippen molar-refractivity contribution < 1.29 is 18.7 Å². The Bertz CT molecular complexity index is 615. The summed E-state index contributed by atoms with van der Waals surface area (Å²) in [6.07, 6.45) is 6.28. The number of amides is 2. The molecule has 2 atom stereocenters. The fourth-order valence-corrected chi connectivity index (χ4v) is 3.56. The van der Waals surface area contributed by atoms with Gasteiger partial charge in [-0.25, -0.2) is 0 Å². The molecule has 1 aromatic heterocycles. The van der Waals surface area contributed by atoms with E-state index in [1.165, 1.54) is 0 Å². The SMILES string of the molecule is C/C(=C\C(=O)N1CCC([C@@H]2CC[C@H](C(N)=O)O2)CC1)c1ccco1. The molecule has 3 rings (SSSR count). The van der Waals surface area contributed by atoms with Crippen LogP contribution in [-0.2, 0) is 14.3 Å². The molecule has 6 heteroatoms. The Morgan fingerprint density at radius 3 is 2.58 bits per heavy atom. The third-order valence-corrected chi connectivity index (χ3v) is 5.00. The number of carbonyl (C=O) groups is 2. The first-order valence-electron chi connectivity index (χ1n) is 8.50. The van der Waals surface area contributed by atoms with E-state index in [9.17, 15) is 9.59 Å². The van der Waals surface area contributed by atoms with Crippen LogP contribution >= 0.6 is 0 Å². The molecule has 2 N–H and O–H groups in total. The first-order chi connectivity index (χ1) is 11.5. The van der Waals surface area contributed by atoms with Crippen molar-refractivity contribution in [2.45, 2.75) is 44.8 Å². The lowest BCUT2D eigenvalue weighted by Gasteiger charge is -2.34. The Balaban J connectivity index is 1.51. The smallest absolute Gasteiger partial charge is 0.246 e. The van der Waals surface area contributed by atoms with Gasteiger partial charge in [-0.1, -0.05) is 0 Å². The van der Waals surface area contributed by atoms with Gasteiger partial charge in [0.15, 0.2) is 0 Å². The second kappa shape index (κ2) is 7.21. The summed E-state index contributed by atoms with van der Waals surface area (Å²) in [5.74, 6) is 0.761. The molecular weight excluding hydrogens is 308 g/mol. The normalized spacial score (nSPS) is 25.9. The van der Waals surface area contributed by atoms with Crippen LogP contribution in [0.1, 0.15) is 38.4 Å². The monoisotopic (exact) mass is 332 g/mol. The van der Waals surface area contributed by atoms with Crippen molar-refractivity contribution in [3.05, 3.63) is 30.2 Å². The molecule has 0 saturated carbocycles. The number of carbonyl (C=O) groups excluding carboxylic acids is 2. The molecule has 0 bridgehead atoms. The number of furan rings is 1. The number of allylic oxidation sites excluding steroid dienone is 1. The standard InChI is InChI=1S/C18H24N2O4/c1-12(14-3-2-10-23-14)11-17(21)20-8-6-13(7-9-20)15-4-5-16(24-15)18(19)22/h2-3,10-11,13,15-16H,4-9H2,1H3,(H2,19,22)/b12-11+/t15-,16+/m0/s1. The van der Waals surface area contributed by atoms with Crippen molar-refractivity contribution in [2.24, 2.45) is 11.7 Å². The highest BCUT2D eigenvalue weighted by Gasteiger charge is 2.36. The molecule has 1 aromatic rings. The Morgan fingerprint density at radius 1 is 1.25 bits per heavy atom. The van der Waals surface area contributed by atoms with E-state index >= 15 is 0 Å². The van der Waals surface area contributed by atoms with Crippen LogP contribution in [0.4, 0.5) is 0 Å². The van der Waals surface area contributed by atoms with Gasteiger partial charge in [-0.2, -0.15) is 0 Å². The highest BCUT2D eigenvalue weighted by atomic mass is 16.5. The van der Waals surface area contributed by atoms with E-state index in [0.29, 0.717) is 25.4 Å². The second-order valence-corrected chi connectivity index (χ2v) is 6.61. The van der Waals surface area contributed by atoms with Crippen LogP contribution in [0.2, 0.25) is 0 Å². The number of nitrogens with zero attached hydrogens (tertiary/aromatic N) is 1. The Morgan fingerprint density at radius 2 is 2.00 bits per heavy atom. The molecule has 0 aromatic carbocycles. The maximum Gasteiger partial charge on any atom is 0.246 e. The highest BCUT2D eigenvalue weighted by molar-refractivity contribution is 5.94. The molecule has 2 aliphatic rings. The number of hydrogen-bond acceptors (Lipinski definition) is 4. The summed E-state index contributed by atoms with van der Waals surface area (Å²) in [5, 5.41) is 0. The number of ether oxygens (including phenoxy) is 1. The molecule has 0 unspecified atom stereocenters. The first-order valence-corrected chi connectivity index (χ1v) is 8.50. The molecule has 0 spiro atoms.